The van der Waals surface area contributed by atoms with Gasteiger partial charge < -0.3 is 11.1 Å². The first-order chi connectivity index (χ1) is 8.52. The maximum atomic E-state index is 12.0. The third kappa shape index (κ3) is 3.10. The Morgan fingerprint density at radius 1 is 1.56 bits per heavy atom. The Morgan fingerprint density at radius 2 is 2.22 bits per heavy atom. The number of amides is 1. The van der Waals surface area contributed by atoms with Crippen molar-refractivity contribution in [3.63, 3.8) is 0 Å². The van der Waals surface area contributed by atoms with Gasteiger partial charge in [0.2, 0.25) is 5.91 Å². The average molecular weight is 328 g/mol. The molecule has 0 saturated heterocycles. The lowest BCUT2D eigenvalue weighted by molar-refractivity contribution is -0.120. The van der Waals surface area contributed by atoms with E-state index < -0.39 is 5.54 Å². The van der Waals surface area contributed by atoms with Gasteiger partial charge in [0.05, 0.1) is 14.9 Å². The average Bonchev–Trinajstić information content (AvgIpc) is 2.75. The number of halogens is 1. The topological polar surface area (TPSA) is 78.9 Å². The van der Waals surface area contributed by atoms with E-state index in [9.17, 15) is 4.79 Å². The van der Waals surface area contributed by atoms with Crippen molar-refractivity contribution in [2.24, 2.45) is 11.7 Å². The molecule has 0 spiro atoms. The maximum Gasteiger partial charge on any atom is 0.228 e. The van der Waals surface area contributed by atoms with Crippen molar-refractivity contribution in [1.82, 2.24) is 0 Å². The summed E-state index contributed by atoms with van der Waals surface area (Å²) >= 11 is 4.85. The van der Waals surface area contributed by atoms with E-state index in [1.54, 1.807) is 0 Å². The number of nitrogens with zero attached hydrogens (tertiary/aromatic N) is 1. The predicted molar refractivity (Wildman–Crippen MR) is 75.1 cm³/mol. The Kier molecular flexibility index (Phi) is 4.05. The molecule has 0 aliphatic heterocycles. The van der Waals surface area contributed by atoms with Crippen molar-refractivity contribution in [2.45, 2.75) is 31.2 Å². The first kappa shape index (κ1) is 13.5. The molecule has 1 aliphatic rings. The molecule has 0 radical (unpaired) electrons. The normalized spacial score (nSPS) is 27.5. The second-order valence-electron chi connectivity index (χ2n) is 4.64. The second-order valence-corrected chi connectivity index (χ2v) is 7.10. The van der Waals surface area contributed by atoms with E-state index in [-0.39, 0.29) is 11.8 Å². The number of hydrogen-bond acceptors (Lipinski definition) is 4. The number of rotatable bonds is 2. The lowest BCUT2D eigenvalue weighted by Crippen LogP contribution is -2.43. The van der Waals surface area contributed by atoms with E-state index in [1.807, 2.05) is 12.1 Å². The molecule has 1 heterocycles. The minimum Gasteiger partial charge on any atom is -0.317 e. The highest BCUT2D eigenvalue weighted by Crippen LogP contribution is 2.32. The van der Waals surface area contributed by atoms with Gasteiger partial charge in [-0.2, -0.15) is 5.26 Å². The zero-order valence-electron chi connectivity index (χ0n) is 9.78. The van der Waals surface area contributed by atoms with Crippen LogP contribution < -0.4 is 11.1 Å². The number of carbonyl (C=O) groups is 1. The summed E-state index contributed by atoms with van der Waals surface area (Å²) in [6.07, 6.45) is 2.55. The van der Waals surface area contributed by atoms with Crippen LogP contribution in [0.25, 0.3) is 0 Å². The van der Waals surface area contributed by atoms with Crippen molar-refractivity contribution < 1.29 is 4.79 Å². The molecule has 1 aromatic heterocycles. The Balaban J connectivity index is 1.90. The Bertz CT molecular complexity index is 486. The van der Waals surface area contributed by atoms with Crippen LogP contribution in [0.5, 0.6) is 0 Å². The zero-order valence-corrected chi connectivity index (χ0v) is 12.2. The van der Waals surface area contributed by atoms with E-state index in [2.05, 4.69) is 27.3 Å². The van der Waals surface area contributed by atoms with Gasteiger partial charge in [-0.1, -0.05) is 0 Å². The van der Waals surface area contributed by atoms with Gasteiger partial charge in [0.15, 0.2) is 0 Å². The lowest BCUT2D eigenvalue weighted by Gasteiger charge is -2.30. The number of thiophene rings is 1. The number of anilines is 1. The number of hydrogen-bond donors (Lipinski definition) is 2. The molecule has 6 heteroatoms. The first-order valence-electron chi connectivity index (χ1n) is 5.79. The van der Waals surface area contributed by atoms with Crippen molar-refractivity contribution in [3.8, 4) is 6.07 Å². The molecule has 1 amide bonds. The predicted octanol–water partition coefficient (Wildman–Crippen LogP) is 2.86. The molecule has 1 saturated carbocycles. The van der Waals surface area contributed by atoms with Crippen molar-refractivity contribution in [2.75, 3.05) is 5.32 Å². The van der Waals surface area contributed by atoms with E-state index in [0.29, 0.717) is 25.7 Å². The van der Waals surface area contributed by atoms with Gasteiger partial charge in [-0.25, -0.2) is 0 Å². The van der Waals surface area contributed by atoms with Crippen LogP contribution in [0.4, 0.5) is 5.00 Å². The van der Waals surface area contributed by atoms with Gasteiger partial charge in [0, 0.05) is 5.92 Å². The van der Waals surface area contributed by atoms with Crippen molar-refractivity contribution >= 4 is 38.2 Å². The number of nitrogens with one attached hydrogen (secondary N) is 1. The summed E-state index contributed by atoms with van der Waals surface area (Å²) in [7, 11) is 0. The highest BCUT2D eigenvalue weighted by atomic mass is 79.9. The Labute approximate surface area is 118 Å². The SMILES string of the molecule is N#CC1(N)CCC(C(=O)Nc2ccc(Br)s2)CC1. The number of nitrogens with two attached hydrogens (primary N) is 1. The van der Waals surface area contributed by atoms with Gasteiger partial charge in [-0.05, 0) is 53.7 Å². The molecule has 4 nitrogen and oxygen atoms in total. The molecule has 2 rings (SSSR count). The molecule has 0 unspecified atom stereocenters. The standard InChI is InChI=1S/C12H14BrN3OS/c13-9-1-2-10(18-9)16-11(17)8-3-5-12(15,7-14)6-4-8/h1-2,8H,3-6,15H2,(H,16,17). The summed E-state index contributed by atoms with van der Waals surface area (Å²) in [5.74, 6) is 0.000223. The molecular formula is C12H14BrN3OS. The number of carbonyl (C=O) groups excluding carboxylic acids is 1. The van der Waals surface area contributed by atoms with Gasteiger partial charge in [-0.3, -0.25) is 4.79 Å². The molecule has 1 aromatic rings. The third-order valence-corrected chi connectivity index (χ3v) is 4.83. The minimum atomic E-state index is -0.733. The lowest BCUT2D eigenvalue weighted by atomic mass is 9.77. The summed E-state index contributed by atoms with van der Waals surface area (Å²) in [4.78, 5) is 12.0. The van der Waals surface area contributed by atoms with Crippen LogP contribution in [0.3, 0.4) is 0 Å². The third-order valence-electron chi connectivity index (χ3n) is 3.29. The summed E-state index contributed by atoms with van der Waals surface area (Å²) in [6.45, 7) is 0. The zero-order chi connectivity index (χ0) is 13.2. The van der Waals surface area contributed by atoms with E-state index >= 15 is 0 Å². The second kappa shape index (κ2) is 5.39. The molecule has 96 valence electrons. The molecule has 1 fully saturated rings. The van der Waals surface area contributed by atoms with Crippen LogP contribution in [0, 0.1) is 17.2 Å². The summed E-state index contributed by atoms with van der Waals surface area (Å²) in [5.41, 5.74) is 5.15. The molecular weight excluding hydrogens is 314 g/mol. The molecule has 0 bridgehead atoms. The minimum absolute atomic E-state index is 0.0316. The van der Waals surface area contributed by atoms with Crippen LogP contribution in [0.1, 0.15) is 25.7 Å². The molecule has 0 atom stereocenters. The van der Waals surface area contributed by atoms with Crippen LogP contribution in [-0.2, 0) is 4.79 Å². The largest absolute Gasteiger partial charge is 0.317 e. The maximum absolute atomic E-state index is 12.0. The van der Waals surface area contributed by atoms with Crippen LogP contribution in [0.15, 0.2) is 15.9 Å². The van der Waals surface area contributed by atoms with Crippen LogP contribution in [-0.4, -0.2) is 11.4 Å². The van der Waals surface area contributed by atoms with Crippen LogP contribution in [0.2, 0.25) is 0 Å². The molecule has 18 heavy (non-hydrogen) atoms. The fraction of sp³-hybridized carbons (Fsp3) is 0.500. The van der Waals surface area contributed by atoms with Gasteiger partial charge >= 0.3 is 0 Å². The van der Waals surface area contributed by atoms with E-state index in [0.717, 1.165) is 8.79 Å². The van der Waals surface area contributed by atoms with Crippen molar-refractivity contribution in [3.05, 3.63) is 15.9 Å². The van der Waals surface area contributed by atoms with E-state index in [1.165, 1.54) is 11.3 Å². The van der Waals surface area contributed by atoms with Gasteiger partial charge in [0.25, 0.3) is 0 Å². The summed E-state index contributed by atoms with van der Waals surface area (Å²) in [5, 5.41) is 12.7. The monoisotopic (exact) mass is 327 g/mol. The first-order valence-corrected chi connectivity index (χ1v) is 7.40. The number of nitriles is 1. The summed E-state index contributed by atoms with van der Waals surface area (Å²) < 4.78 is 0.992. The smallest absolute Gasteiger partial charge is 0.228 e. The Hall–Kier alpha value is -0.900. The van der Waals surface area contributed by atoms with Gasteiger partial charge in [-0.15, -0.1) is 11.3 Å². The highest BCUT2D eigenvalue weighted by Gasteiger charge is 2.34. The fourth-order valence-corrected chi connectivity index (χ4v) is 3.40. The molecule has 1 aliphatic carbocycles. The molecule has 3 N–H and O–H groups in total. The summed E-state index contributed by atoms with van der Waals surface area (Å²) in [6, 6.07) is 5.91. The van der Waals surface area contributed by atoms with Crippen LogP contribution >= 0.6 is 27.3 Å². The van der Waals surface area contributed by atoms with Gasteiger partial charge in [0.1, 0.15) is 5.54 Å². The fourth-order valence-electron chi connectivity index (χ4n) is 2.11. The quantitative estimate of drug-likeness (QED) is 0.876. The molecule has 0 aromatic carbocycles. The Morgan fingerprint density at radius 3 is 2.72 bits per heavy atom. The van der Waals surface area contributed by atoms with Crippen molar-refractivity contribution in [1.29, 1.82) is 5.26 Å². The van der Waals surface area contributed by atoms with E-state index in [4.69, 9.17) is 11.0 Å². The highest BCUT2D eigenvalue weighted by molar-refractivity contribution is 9.11.